The lowest BCUT2D eigenvalue weighted by Crippen LogP contribution is -2.52. The van der Waals surface area contributed by atoms with Crippen LogP contribution in [0.15, 0.2) is 22.8 Å². The fraction of sp³-hybridized carbons (Fsp3) is 0.476. The Labute approximate surface area is 170 Å². The second-order valence-corrected chi connectivity index (χ2v) is 8.04. The maximum absolute atomic E-state index is 13.3. The van der Waals surface area contributed by atoms with Crippen LogP contribution in [-0.2, 0) is 11.3 Å². The van der Waals surface area contributed by atoms with E-state index < -0.39 is 17.6 Å². The lowest BCUT2D eigenvalue weighted by molar-refractivity contribution is 0.0593. The molecule has 0 aliphatic rings. The summed E-state index contributed by atoms with van der Waals surface area (Å²) in [4.78, 5) is 42.6. The number of aryl methyl sites for hydroxylation is 1. The normalized spacial score (nSPS) is 12.4. The number of rotatable bonds is 6. The van der Waals surface area contributed by atoms with E-state index in [9.17, 15) is 14.4 Å². The molecule has 0 bridgehead atoms. The number of amides is 2. The summed E-state index contributed by atoms with van der Waals surface area (Å²) in [6.45, 7) is 10.8. The molecule has 2 amide bonds. The van der Waals surface area contributed by atoms with Crippen LogP contribution in [0, 0.1) is 13.8 Å². The summed E-state index contributed by atoms with van der Waals surface area (Å²) in [5.74, 6) is -0.260. The Morgan fingerprint density at radius 1 is 1.28 bits per heavy atom. The fourth-order valence-electron chi connectivity index (χ4n) is 3.12. The van der Waals surface area contributed by atoms with Gasteiger partial charge in [-0.05, 0) is 59.2 Å². The number of H-pyrrole nitrogens is 1. The van der Waals surface area contributed by atoms with Gasteiger partial charge in [0.05, 0.1) is 26.0 Å². The van der Waals surface area contributed by atoms with Crippen LogP contribution in [-0.4, -0.2) is 46.4 Å². The number of aromatic nitrogens is 1. The molecule has 2 aromatic rings. The number of ether oxygens (including phenoxy) is 1. The molecule has 0 aromatic carbocycles. The Kier molecular flexibility index (Phi) is 6.56. The molecule has 0 aliphatic heterocycles. The zero-order valence-corrected chi connectivity index (χ0v) is 18.0. The summed E-state index contributed by atoms with van der Waals surface area (Å²) < 4.78 is 10.1. The SMILES string of the molecule is COC(=O)c1[nH]c(C)c(C(=O)C(C)N(Cc2ccco2)C(=O)NC(C)(C)C)c1C. The van der Waals surface area contributed by atoms with Crippen LogP contribution in [0.25, 0.3) is 0 Å². The first-order valence-corrected chi connectivity index (χ1v) is 9.39. The van der Waals surface area contributed by atoms with Crippen LogP contribution >= 0.6 is 0 Å². The summed E-state index contributed by atoms with van der Waals surface area (Å²) in [7, 11) is 1.28. The van der Waals surface area contributed by atoms with E-state index in [1.807, 2.05) is 20.8 Å². The van der Waals surface area contributed by atoms with Crippen molar-refractivity contribution in [3.63, 3.8) is 0 Å². The van der Waals surface area contributed by atoms with Gasteiger partial charge in [-0.25, -0.2) is 9.59 Å². The topological polar surface area (TPSA) is 105 Å². The van der Waals surface area contributed by atoms with Gasteiger partial charge in [0.1, 0.15) is 11.5 Å². The van der Waals surface area contributed by atoms with Crippen molar-refractivity contribution in [2.75, 3.05) is 7.11 Å². The molecular weight excluding hydrogens is 374 g/mol. The molecule has 8 nitrogen and oxygen atoms in total. The van der Waals surface area contributed by atoms with Crippen LogP contribution in [0.2, 0.25) is 0 Å². The standard InChI is InChI=1S/C21H29N3O5/c1-12-16(13(2)22-17(12)19(26)28-7)18(25)14(3)24(11-15-9-8-10-29-15)20(27)23-21(4,5)6/h8-10,14,22H,11H2,1-7H3,(H,23,27). The number of methoxy groups -OCH3 is 1. The van der Waals surface area contributed by atoms with E-state index in [-0.39, 0.29) is 24.1 Å². The van der Waals surface area contributed by atoms with Crippen LogP contribution in [0.1, 0.15) is 65.6 Å². The van der Waals surface area contributed by atoms with E-state index in [1.54, 1.807) is 32.9 Å². The molecule has 2 heterocycles. The average molecular weight is 403 g/mol. The van der Waals surface area contributed by atoms with Gasteiger partial charge in [0, 0.05) is 16.8 Å². The van der Waals surface area contributed by atoms with Gasteiger partial charge in [-0.2, -0.15) is 0 Å². The van der Waals surface area contributed by atoms with Gasteiger partial charge in [-0.3, -0.25) is 4.79 Å². The Balaban J connectivity index is 2.38. The second kappa shape index (κ2) is 8.55. The van der Waals surface area contributed by atoms with Gasteiger partial charge in [0.15, 0.2) is 5.78 Å². The number of aromatic amines is 1. The second-order valence-electron chi connectivity index (χ2n) is 8.04. The van der Waals surface area contributed by atoms with Gasteiger partial charge in [-0.15, -0.1) is 0 Å². The van der Waals surface area contributed by atoms with Gasteiger partial charge in [0.2, 0.25) is 0 Å². The van der Waals surface area contributed by atoms with Crippen molar-refractivity contribution < 1.29 is 23.5 Å². The Morgan fingerprint density at radius 3 is 2.45 bits per heavy atom. The molecule has 1 atom stereocenters. The number of esters is 1. The first-order chi connectivity index (χ1) is 13.5. The minimum Gasteiger partial charge on any atom is -0.467 e. The molecule has 2 aromatic heterocycles. The number of hydrogen-bond acceptors (Lipinski definition) is 5. The number of Topliss-reactive ketones (excluding diaryl/α,β-unsaturated/α-hetero) is 1. The van der Waals surface area contributed by atoms with Gasteiger partial charge in [0.25, 0.3) is 0 Å². The molecule has 2 N–H and O–H groups in total. The molecule has 158 valence electrons. The first-order valence-electron chi connectivity index (χ1n) is 9.39. The summed E-state index contributed by atoms with van der Waals surface area (Å²) >= 11 is 0. The maximum atomic E-state index is 13.3. The van der Waals surface area contributed by atoms with Crippen molar-refractivity contribution in [3.8, 4) is 0 Å². The van der Waals surface area contributed by atoms with Crippen molar-refractivity contribution in [2.45, 2.75) is 59.7 Å². The van der Waals surface area contributed by atoms with E-state index >= 15 is 0 Å². The lowest BCUT2D eigenvalue weighted by atomic mass is 9.99. The third kappa shape index (κ3) is 5.07. The van der Waals surface area contributed by atoms with E-state index in [4.69, 9.17) is 9.15 Å². The van der Waals surface area contributed by atoms with Gasteiger partial charge >= 0.3 is 12.0 Å². The third-order valence-corrected chi connectivity index (χ3v) is 4.57. The Hall–Kier alpha value is -3.03. The largest absolute Gasteiger partial charge is 0.467 e. The summed E-state index contributed by atoms with van der Waals surface area (Å²) in [6, 6.07) is 2.30. The van der Waals surface area contributed by atoms with Crippen LogP contribution in [0.3, 0.4) is 0 Å². The molecule has 0 radical (unpaired) electrons. The summed E-state index contributed by atoms with van der Waals surface area (Å²) in [6.07, 6.45) is 1.52. The minimum atomic E-state index is -0.791. The predicted molar refractivity (Wildman–Crippen MR) is 108 cm³/mol. The average Bonchev–Trinajstić information content (AvgIpc) is 3.24. The number of carbonyl (C=O) groups is 3. The molecule has 0 saturated heterocycles. The van der Waals surface area contributed by atoms with Crippen molar-refractivity contribution in [1.82, 2.24) is 15.2 Å². The molecule has 0 spiro atoms. The van der Waals surface area contributed by atoms with Crippen LogP contribution in [0.5, 0.6) is 0 Å². The number of nitrogens with zero attached hydrogens (tertiary/aromatic N) is 1. The zero-order chi connectivity index (χ0) is 21.9. The number of furan rings is 1. The highest BCUT2D eigenvalue weighted by atomic mass is 16.5. The van der Waals surface area contributed by atoms with Crippen molar-refractivity contribution in [2.24, 2.45) is 0 Å². The van der Waals surface area contributed by atoms with Crippen molar-refractivity contribution in [1.29, 1.82) is 0 Å². The van der Waals surface area contributed by atoms with Crippen molar-refractivity contribution >= 4 is 17.8 Å². The smallest absolute Gasteiger partial charge is 0.354 e. The number of urea groups is 1. The summed E-state index contributed by atoms with van der Waals surface area (Å²) in [5, 5.41) is 2.89. The minimum absolute atomic E-state index is 0.133. The molecule has 0 fully saturated rings. The molecule has 2 rings (SSSR count). The van der Waals surface area contributed by atoms with E-state index in [1.165, 1.54) is 18.3 Å². The molecule has 0 aliphatic carbocycles. The third-order valence-electron chi connectivity index (χ3n) is 4.57. The van der Waals surface area contributed by atoms with Crippen LogP contribution in [0.4, 0.5) is 4.79 Å². The van der Waals surface area contributed by atoms with Crippen molar-refractivity contribution in [3.05, 3.63) is 46.7 Å². The highest BCUT2D eigenvalue weighted by molar-refractivity contribution is 6.06. The highest BCUT2D eigenvalue weighted by Crippen LogP contribution is 2.23. The Morgan fingerprint density at radius 2 is 1.93 bits per heavy atom. The molecule has 1 unspecified atom stereocenters. The monoisotopic (exact) mass is 403 g/mol. The quantitative estimate of drug-likeness (QED) is 0.566. The Bertz CT molecular complexity index is 890. The van der Waals surface area contributed by atoms with E-state index in [0.29, 0.717) is 22.6 Å². The number of carbonyl (C=O) groups excluding carboxylic acids is 3. The number of ketones is 1. The molecule has 8 heteroatoms. The van der Waals surface area contributed by atoms with E-state index in [0.717, 1.165) is 0 Å². The summed E-state index contributed by atoms with van der Waals surface area (Å²) in [5.41, 5.74) is 1.19. The van der Waals surface area contributed by atoms with Crippen LogP contribution < -0.4 is 5.32 Å². The molecule has 29 heavy (non-hydrogen) atoms. The van der Waals surface area contributed by atoms with Gasteiger partial charge < -0.3 is 24.4 Å². The predicted octanol–water partition coefficient (Wildman–Crippen LogP) is 3.59. The fourth-order valence-corrected chi connectivity index (χ4v) is 3.12. The number of nitrogens with one attached hydrogen (secondary N) is 2. The highest BCUT2D eigenvalue weighted by Gasteiger charge is 2.32. The zero-order valence-electron chi connectivity index (χ0n) is 18.0. The maximum Gasteiger partial charge on any atom is 0.354 e. The molecular formula is C21H29N3O5. The van der Waals surface area contributed by atoms with E-state index in [2.05, 4.69) is 10.3 Å². The first kappa shape index (κ1) is 22.3. The molecule has 0 saturated carbocycles. The number of hydrogen-bond donors (Lipinski definition) is 2. The van der Waals surface area contributed by atoms with Gasteiger partial charge in [-0.1, -0.05) is 0 Å². The lowest BCUT2D eigenvalue weighted by Gasteiger charge is -2.31.